The van der Waals surface area contributed by atoms with Gasteiger partial charge in [-0.1, -0.05) is 6.92 Å². The lowest BCUT2D eigenvalue weighted by Crippen LogP contribution is -2.48. The molecule has 0 aliphatic carbocycles. The van der Waals surface area contributed by atoms with Gasteiger partial charge < -0.3 is 10.6 Å². The SMILES string of the molecule is CC[C@H](N)C(=O)N1CCCC(Cn2nc(C)nc2C)C1. The number of carbonyl (C=O) groups is 1. The molecule has 1 aliphatic rings. The summed E-state index contributed by atoms with van der Waals surface area (Å²) in [5.41, 5.74) is 5.85. The Morgan fingerprint density at radius 2 is 2.25 bits per heavy atom. The summed E-state index contributed by atoms with van der Waals surface area (Å²) in [6.45, 7) is 8.27. The molecule has 2 heterocycles. The fourth-order valence-electron chi connectivity index (χ4n) is 2.80. The number of aryl methyl sites for hydroxylation is 2. The number of hydrogen-bond acceptors (Lipinski definition) is 4. The zero-order valence-corrected chi connectivity index (χ0v) is 12.7. The summed E-state index contributed by atoms with van der Waals surface area (Å²) in [6.07, 6.45) is 2.87. The van der Waals surface area contributed by atoms with Gasteiger partial charge in [-0.25, -0.2) is 9.67 Å². The van der Waals surface area contributed by atoms with Crippen LogP contribution in [0.2, 0.25) is 0 Å². The third-order valence-corrected chi connectivity index (χ3v) is 3.98. The summed E-state index contributed by atoms with van der Waals surface area (Å²) in [4.78, 5) is 18.4. The van der Waals surface area contributed by atoms with E-state index >= 15 is 0 Å². The highest BCUT2D eigenvalue weighted by Crippen LogP contribution is 2.19. The van der Waals surface area contributed by atoms with Gasteiger partial charge in [-0.05, 0) is 39.0 Å². The average molecular weight is 279 g/mol. The quantitative estimate of drug-likeness (QED) is 0.887. The zero-order valence-electron chi connectivity index (χ0n) is 12.7. The molecular formula is C14H25N5O. The van der Waals surface area contributed by atoms with Crippen LogP contribution in [0.1, 0.15) is 37.8 Å². The molecule has 0 radical (unpaired) electrons. The van der Waals surface area contributed by atoms with Gasteiger partial charge in [-0.2, -0.15) is 5.10 Å². The number of carbonyl (C=O) groups excluding carboxylic acids is 1. The highest BCUT2D eigenvalue weighted by molar-refractivity contribution is 5.81. The Morgan fingerprint density at radius 3 is 2.85 bits per heavy atom. The fraction of sp³-hybridized carbons (Fsp3) is 0.786. The predicted octanol–water partition coefficient (Wildman–Crippen LogP) is 0.871. The van der Waals surface area contributed by atoms with Crippen molar-refractivity contribution in [3.63, 3.8) is 0 Å². The van der Waals surface area contributed by atoms with Crippen molar-refractivity contribution in [1.82, 2.24) is 19.7 Å². The normalized spacial score (nSPS) is 21.0. The van der Waals surface area contributed by atoms with Crippen molar-refractivity contribution in [2.24, 2.45) is 11.7 Å². The monoisotopic (exact) mass is 279 g/mol. The zero-order chi connectivity index (χ0) is 14.7. The lowest BCUT2D eigenvalue weighted by Gasteiger charge is -2.34. The average Bonchev–Trinajstić information content (AvgIpc) is 2.75. The molecule has 1 aromatic heterocycles. The summed E-state index contributed by atoms with van der Waals surface area (Å²) in [5, 5.41) is 4.40. The molecule has 1 aliphatic heterocycles. The van der Waals surface area contributed by atoms with E-state index in [1.807, 2.05) is 30.4 Å². The first-order valence-electron chi connectivity index (χ1n) is 7.43. The van der Waals surface area contributed by atoms with E-state index in [-0.39, 0.29) is 11.9 Å². The van der Waals surface area contributed by atoms with Crippen LogP contribution in [-0.4, -0.2) is 44.7 Å². The van der Waals surface area contributed by atoms with Crippen molar-refractivity contribution >= 4 is 5.91 Å². The van der Waals surface area contributed by atoms with E-state index in [0.717, 1.165) is 44.1 Å². The summed E-state index contributed by atoms with van der Waals surface area (Å²) in [5.74, 6) is 2.27. The number of rotatable bonds is 4. The highest BCUT2D eigenvalue weighted by Gasteiger charge is 2.27. The summed E-state index contributed by atoms with van der Waals surface area (Å²) >= 11 is 0. The van der Waals surface area contributed by atoms with Crippen molar-refractivity contribution in [3.05, 3.63) is 11.6 Å². The second kappa shape index (κ2) is 6.35. The standard InChI is InChI=1S/C14H25N5O/c1-4-13(15)14(20)18-7-5-6-12(8-18)9-19-11(3)16-10(2)17-19/h12-13H,4-9,15H2,1-3H3/t12?,13-/m0/s1. The largest absolute Gasteiger partial charge is 0.341 e. The van der Waals surface area contributed by atoms with Crippen LogP contribution < -0.4 is 5.73 Å². The van der Waals surface area contributed by atoms with Crippen LogP contribution in [0.15, 0.2) is 0 Å². The minimum Gasteiger partial charge on any atom is -0.341 e. The van der Waals surface area contributed by atoms with Crippen molar-refractivity contribution in [1.29, 1.82) is 0 Å². The minimum atomic E-state index is -0.357. The second-order valence-electron chi connectivity index (χ2n) is 5.70. The Labute approximate surface area is 120 Å². The van der Waals surface area contributed by atoms with Gasteiger partial charge in [-0.3, -0.25) is 4.79 Å². The third-order valence-electron chi connectivity index (χ3n) is 3.98. The van der Waals surface area contributed by atoms with E-state index in [4.69, 9.17) is 5.73 Å². The lowest BCUT2D eigenvalue weighted by atomic mass is 9.97. The van der Waals surface area contributed by atoms with Crippen molar-refractivity contribution in [2.45, 2.75) is 52.6 Å². The number of nitrogens with two attached hydrogens (primary N) is 1. The Bertz CT molecular complexity index is 470. The van der Waals surface area contributed by atoms with Crippen LogP contribution >= 0.6 is 0 Å². The molecule has 1 saturated heterocycles. The fourth-order valence-corrected chi connectivity index (χ4v) is 2.80. The van der Waals surface area contributed by atoms with Gasteiger partial charge >= 0.3 is 0 Å². The topological polar surface area (TPSA) is 77.0 Å². The molecule has 0 aromatic carbocycles. The molecule has 2 N–H and O–H groups in total. The molecule has 2 atom stereocenters. The third kappa shape index (κ3) is 3.36. The molecule has 6 nitrogen and oxygen atoms in total. The smallest absolute Gasteiger partial charge is 0.239 e. The van der Waals surface area contributed by atoms with Crippen molar-refractivity contribution < 1.29 is 4.79 Å². The van der Waals surface area contributed by atoms with Gasteiger partial charge in [0.2, 0.25) is 5.91 Å². The maximum absolute atomic E-state index is 12.2. The first kappa shape index (κ1) is 15.0. The molecule has 1 amide bonds. The molecular weight excluding hydrogens is 254 g/mol. The lowest BCUT2D eigenvalue weighted by molar-refractivity contribution is -0.134. The van der Waals surface area contributed by atoms with Crippen LogP contribution in [0, 0.1) is 19.8 Å². The van der Waals surface area contributed by atoms with Crippen LogP contribution in [0.4, 0.5) is 0 Å². The van der Waals surface area contributed by atoms with Gasteiger partial charge in [0.1, 0.15) is 11.6 Å². The van der Waals surface area contributed by atoms with E-state index < -0.39 is 0 Å². The van der Waals surface area contributed by atoms with E-state index in [1.54, 1.807) is 0 Å². The first-order valence-corrected chi connectivity index (χ1v) is 7.43. The van der Waals surface area contributed by atoms with Gasteiger partial charge in [0, 0.05) is 19.6 Å². The van der Waals surface area contributed by atoms with Crippen molar-refractivity contribution in [2.75, 3.05) is 13.1 Å². The van der Waals surface area contributed by atoms with Gasteiger partial charge in [0.05, 0.1) is 6.04 Å². The molecule has 0 spiro atoms. The van der Waals surface area contributed by atoms with Crippen molar-refractivity contribution in [3.8, 4) is 0 Å². The van der Waals surface area contributed by atoms with E-state index in [1.165, 1.54) is 0 Å². The second-order valence-corrected chi connectivity index (χ2v) is 5.70. The minimum absolute atomic E-state index is 0.0868. The maximum Gasteiger partial charge on any atom is 0.239 e. The Kier molecular flexibility index (Phi) is 4.75. The number of aromatic nitrogens is 3. The predicted molar refractivity (Wildman–Crippen MR) is 77.1 cm³/mol. The maximum atomic E-state index is 12.2. The molecule has 1 unspecified atom stereocenters. The van der Waals surface area contributed by atoms with Gasteiger partial charge in [0.15, 0.2) is 0 Å². The van der Waals surface area contributed by atoms with E-state index in [0.29, 0.717) is 12.3 Å². The van der Waals surface area contributed by atoms with Gasteiger partial charge in [-0.15, -0.1) is 0 Å². The number of amides is 1. The van der Waals surface area contributed by atoms with Crippen LogP contribution in [0.3, 0.4) is 0 Å². The Balaban J connectivity index is 1.97. The van der Waals surface area contributed by atoms with Gasteiger partial charge in [0.25, 0.3) is 0 Å². The molecule has 6 heteroatoms. The summed E-state index contributed by atoms with van der Waals surface area (Å²) < 4.78 is 1.95. The number of likely N-dealkylation sites (tertiary alicyclic amines) is 1. The summed E-state index contributed by atoms with van der Waals surface area (Å²) in [6, 6.07) is -0.357. The first-order chi connectivity index (χ1) is 9.51. The van der Waals surface area contributed by atoms with Crippen LogP contribution in [0.25, 0.3) is 0 Å². The van der Waals surface area contributed by atoms with E-state index in [9.17, 15) is 4.79 Å². The highest BCUT2D eigenvalue weighted by atomic mass is 16.2. The Morgan fingerprint density at radius 1 is 1.50 bits per heavy atom. The summed E-state index contributed by atoms with van der Waals surface area (Å²) in [7, 11) is 0. The molecule has 0 saturated carbocycles. The number of nitrogens with zero attached hydrogens (tertiary/aromatic N) is 4. The molecule has 112 valence electrons. The molecule has 2 rings (SSSR count). The van der Waals surface area contributed by atoms with E-state index in [2.05, 4.69) is 10.1 Å². The number of hydrogen-bond donors (Lipinski definition) is 1. The van der Waals surface area contributed by atoms with Crippen LogP contribution in [0.5, 0.6) is 0 Å². The Hall–Kier alpha value is -1.43. The molecule has 1 fully saturated rings. The molecule has 1 aromatic rings. The molecule has 20 heavy (non-hydrogen) atoms. The number of piperidine rings is 1. The molecule has 0 bridgehead atoms. The van der Waals surface area contributed by atoms with Crippen LogP contribution in [-0.2, 0) is 11.3 Å².